The second-order valence-electron chi connectivity index (χ2n) is 4.19. The van der Waals surface area contributed by atoms with Gasteiger partial charge in [-0.1, -0.05) is 0 Å². The van der Waals surface area contributed by atoms with E-state index in [9.17, 15) is 4.79 Å². The zero-order valence-electron chi connectivity index (χ0n) is 9.11. The lowest BCUT2D eigenvalue weighted by Gasteiger charge is -2.17. The molecule has 1 aliphatic rings. The highest BCUT2D eigenvalue weighted by atomic mass is 127. The second kappa shape index (κ2) is 4.96. The summed E-state index contributed by atoms with van der Waals surface area (Å²) >= 11 is 6.57. The Morgan fingerprint density at radius 1 is 1.56 bits per heavy atom. The van der Waals surface area contributed by atoms with Crippen molar-refractivity contribution >= 4 is 46.8 Å². The first kappa shape index (κ1) is 12.2. The number of carbonyl (C=O) groups is 1. The predicted octanol–water partition coefficient (Wildman–Crippen LogP) is 2.88. The van der Waals surface area contributed by atoms with Crippen LogP contribution in [0.25, 0.3) is 0 Å². The van der Waals surface area contributed by atoms with E-state index < -0.39 is 0 Å². The fourth-order valence-electron chi connectivity index (χ4n) is 1.95. The van der Waals surface area contributed by atoms with E-state index in [4.69, 9.17) is 0 Å². The van der Waals surface area contributed by atoms with Gasteiger partial charge in [0.2, 0.25) is 5.91 Å². The van der Waals surface area contributed by atoms with Crippen molar-refractivity contribution in [2.24, 2.45) is 5.92 Å². The van der Waals surface area contributed by atoms with Gasteiger partial charge < -0.3 is 4.90 Å². The lowest BCUT2D eigenvalue weighted by Crippen LogP contribution is -2.24. The Kier molecular flexibility index (Phi) is 3.79. The van der Waals surface area contributed by atoms with Crippen molar-refractivity contribution in [1.82, 2.24) is 0 Å². The van der Waals surface area contributed by atoms with Crippen LogP contribution in [0.1, 0.15) is 12.0 Å². The van der Waals surface area contributed by atoms with Crippen LogP contribution in [0.5, 0.6) is 0 Å². The number of aryl methyl sites for hydroxylation is 1. The normalized spacial score (nSPS) is 20.6. The van der Waals surface area contributed by atoms with Crippen LogP contribution in [0.2, 0.25) is 0 Å². The van der Waals surface area contributed by atoms with Crippen LogP contribution in [0.3, 0.4) is 0 Å². The Bertz CT molecular complexity index is 421. The first-order valence-electron chi connectivity index (χ1n) is 5.29. The summed E-state index contributed by atoms with van der Waals surface area (Å²) in [5, 5.41) is 0. The summed E-state index contributed by atoms with van der Waals surface area (Å²) in [7, 11) is 0. The quantitative estimate of drug-likeness (QED) is 0.644. The fourth-order valence-corrected chi connectivity index (χ4v) is 2.53. The van der Waals surface area contributed by atoms with E-state index >= 15 is 0 Å². The molecule has 1 amide bonds. The van der Waals surface area contributed by atoms with Gasteiger partial charge in [0.25, 0.3) is 0 Å². The summed E-state index contributed by atoms with van der Waals surface area (Å²) in [6.45, 7) is 2.88. The van der Waals surface area contributed by atoms with E-state index in [1.54, 1.807) is 0 Å². The third kappa shape index (κ3) is 2.37. The van der Waals surface area contributed by atoms with E-state index in [1.807, 2.05) is 11.0 Å². The molecular weight excluding hydrogens is 333 g/mol. The van der Waals surface area contributed by atoms with Crippen LogP contribution in [0.4, 0.5) is 5.69 Å². The number of hydrogen-bond acceptors (Lipinski definition) is 2. The van der Waals surface area contributed by atoms with E-state index in [-0.39, 0.29) is 5.91 Å². The molecule has 2 rings (SSSR count). The molecule has 0 bridgehead atoms. The molecule has 16 heavy (non-hydrogen) atoms. The summed E-state index contributed by atoms with van der Waals surface area (Å²) in [6.07, 6.45) is 0.633. The fraction of sp³-hybridized carbons (Fsp3) is 0.417. The molecule has 1 aromatic carbocycles. The highest BCUT2D eigenvalue weighted by Crippen LogP contribution is 2.27. The number of carbonyl (C=O) groups excluding carboxylic acids is 1. The predicted molar refractivity (Wildman–Crippen MR) is 78.2 cm³/mol. The maximum atomic E-state index is 11.8. The third-order valence-electron chi connectivity index (χ3n) is 2.92. The molecule has 0 N–H and O–H groups in total. The Hall–Kier alpha value is -0.230. The van der Waals surface area contributed by atoms with Crippen LogP contribution < -0.4 is 4.90 Å². The molecule has 1 saturated heterocycles. The number of amides is 1. The van der Waals surface area contributed by atoms with Crippen molar-refractivity contribution in [2.75, 3.05) is 17.2 Å². The van der Waals surface area contributed by atoms with Crippen molar-refractivity contribution in [2.45, 2.75) is 13.3 Å². The van der Waals surface area contributed by atoms with Crippen LogP contribution in [0, 0.1) is 16.4 Å². The van der Waals surface area contributed by atoms with Gasteiger partial charge in [-0.2, -0.15) is 12.6 Å². The van der Waals surface area contributed by atoms with Crippen molar-refractivity contribution < 1.29 is 4.79 Å². The van der Waals surface area contributed by atoms with E-state index in [0.717, 1.165) is 18.0 Å². The maximum absolute atomic E-state index is 11.8. The van der Waals surface area contributed by atoms with Gasteiger partial charge in [-0.3, -0.25) is 4.79 Å². The van der Waals surface area contributed by atoms with Crippen LogP contribution in [0.15, 0.2) is 18.2 Å². The van der Waals surface area contributed by atoms with Gasteiger partial charge >= 0.3 is 0 Å². The topological polar surface area (TPSA) is 20.3 Å². The molecule has 2 nitrogen and oxygen atoms in total. The Morgan fingerprint density at radius 2 is 2.31 bits per heavy atom. The number of nitrogens with zero attached hydrogens (tertiary/aromatic N) is 1. The maximum Gasteiger partial charge on any atom is 0.227 e. The van der Waals surface area contributed by atoms with Gasteiger partial charge in [-0.05, 0) is 64.9 Å². The van der Waals surface area contributed by atoms with Gasteiger partial charge in [0.05, 0.1) is 0 Å². The number of anilines is 1. The molecule has 0 aliphatic carbocycles. The highest BCUT2D eigenvalue weighted by molar-refractivity contribution is 14.1. The molecule has 0 spiro atoms. The smallest absolute Gasteiger partial charge is 0.227 e. The van der Waals surface area contributed by atoms with Crippen molar-refractivity contribution in [1.29, 1.82) is 0 Å². The first-order valence-corrected chi connectivity index (χ1v) is 7.00. The van der Waals surface area contributed by atoms with E-state index in [1.165, 1.54) is 9.13 Å². The molecular formula is C12H14INOS. The molecule has 86 valence electrons. The molecule has 0 radical (unpaired) electrons. The first-order chi connectivity index (χ1) is 7.61. The molecule has 0 aromatic heterocycles. The number of benzene rings is 1. The van der Waals surface area contributed by atoms with Gasteiger partial charge in [0.1, 0.15) is 0 Å². The molecule has 1 fully saturated rings. The number of hydrogen-bond donors (Lipinski definition) is 1. The zero-order valence-corrected chi connectivity index (χ0v) is 12.2. The number of thiol groups is 1. The second-order valence-corrected chi connectivity index (χ2v) is 5.72. The molecule has 1 heterocycles. The minimum Gasteiger partial charge on any atom is -0.312 e. The van der Waals surface area contributed by atoms with Crippen molar-refractivity contribution in [3.8, 4) is 0 Å². The Balaban J connectivity index is 2.24. The number of rotatable bonds is 2. The zero-order chi connectivity index (χ0) is 11.7. The SMILES string of the molecule is Cc1cc(N2CC(CS)CC2=O)ccc1I. The highest BCUT2D eigenvalue weighted by Gasteiger charge is 2.29. The van der Waals surface area contributed by atoms with Crippen LogP contribution in [-0.2, 0) is 4.79 Å². The average molecular weight is 347 g/mol. The molecule has 1 aliphatic heterocycles. The van der Waals surface area contributed by atoms with E-state index in [2.05, 4.69) is 54.3 Å². The van der Waals surface area contributed by atoms with Crippen molar-refractivity contribution in [3.05, 3.63) is 27.3 Å². The van der Waals surface area contributed by atoms with Gasteiger partial charge in [-0.25, -0.2) is 0 Å². The minimum absolute atomic E-state index is 0.222. The lowest BCUT2D eigenvalue weighted by molar-refractivity contribution is -0.117. The van der Waals surface area contributed by atoms with Crippen molar-refractivity contribution in [3.63, 3.8) is 0 Å². The average Bonchev–Trinajstić information content (AvgIpc) is 2.64. The Labute approximate surface area is 115 Å². The van der Waals surface area contributed by atoms with Crippen LogP contribution in [-0.4, -0.2) is 18.2 Å². The molecule has 0 saturated carbocycles. The summed E-state index contributed by atoms with van der Waals surface area (Å²) < 4.78 is 1.23. The standard InChI is InChI=1S/C12H14INOS/c1-8-4-10(2-3-11(8)13)14-6-9(7-16)5-12(14)15/h2-4,9,16H,5-7H2,1H3. The molecule has 1 unspecified atom stereocenters. The monoisotopic (exact) mass is 347 g/mol. The largest absolute Gasteiger partial charge is 0.312 e. The molecule has 1 aromatic rings. The minimum atomic E-state index is 0.222. The lowest BCUT2D eigenvalue weighted by atomic mass is 10.1. The summed E-state index contributed by atoms with van der Waals surface area (Å²) in [5.41, 5.74) is 2.24. The van der Waals surface area contributed by atoms with Gasteiger partial charge in [0, 0.05) is 22.2 Å². The Morgan fingerprint density at radius 3 is 2.88 bits per heavy atom. The van der Waals surface area contributed by atoms with E-state index in [0.29, 0.717) is 12.3 Å². The third-order valence-corrected chi connectivity index (χ3v) is 4.64. The van der Waals surface area contributed by atoms with Gasteiger partial charge in [-0.15, -0.1) is 0 Å². The summed E-state index contributed by atoms with van der Waals surface area (Å²) in [4.78, 5) is 13.7. The molecule has 4 heteroatoms. The summed E-state index contributed by atoms with van der Waals surface area (Å²) in [6, 6.07) is 6.17. The summed E-state index contributed by atoms with van der Waals surface area (Å²) in [5.74, 6) is 1.40. The molecule has 1 atom stereocenters. The van der Waals surface area contributed by atoms with Gasteiger partial charge in [0.15, 0.2) is 0 Å². The number of halogens is 1. The van der Waals surface area contributed by atoms with Crippen LogP contribution >= 0.6 is 35.2 Å².